The van der Waals surface area contributed by atoms with Gasteiger partial charge >= 0.3 is 0 Å². The summed E-state index contributed by atoms with van der Waals surface area (Å²) in [5, 5.41) is 73.9. The fraction of sp³-hybridized carbons (Fsp3) is 0.182. The SMILES string of the molecule is [O-][NH+](O)c1ccc(C(Cl)C(Cl)c2ccc(C(Cl)C(Cl)c3ccc([NH+]([O-])O)cc3[NH+]([O-])O)cc2)c([NH+]([O-])O)c1. The predicted octanol–water partition coefficient (Wildman–Crippen LogP) is 1.82. The van der Waals surface area contributed by atoms with E-state index in [0.717, 1.165) is 12.1 Å². The molecule has 8 atom stereocenters. The molecule has 0 fully saturated rings. The van der Waals surface area contributed by atoms with Crippen molar-refractivity contribution in [1.29, 1.82) is 0 Å². The Morgan fingerprint density at radius 3 is 1.05 bits per heavy atom. The van der Waals surface area contributed by atoms with Crippen molar-refractivity contribution in [2.24, 2.45) is 0 Å². The molecular formula is C22H22Cl4N4O8. The van der Waals surface area contributed by atoms with Crippen LogP contribution in [-0.2, 0) is 0 Å². The lowest BCUT2D eigenvalue weighted by Crippen LogP contribution is -3.01. The van der Waals surface area contributed by atoms with E-state index in [1.165, 1.54) is 24.3 Å². The quantitative estimate of drug-likeness (QED) is 0.126. The van der Waals surface area contributed by atoms with E-state index in [9.17, 15) is 31.2 Å². The molecule has 0 aliphatic rings. The molecule has 0 saturated heterocycles. The monoisotopic (exact) mass is 610 g/mol. The Labute approximate surface area is 235 Å². The van der Waals surface area contributed by atoms with Crippen LogP contribution in [0.5, 0.6) is 0 Å². The summed E-state index contributed by atoms with van der Waals surface area (Å²) in [6.07, 6.45) is 0. The van der Waals surface area contributed by atoms with Gasteiger partial charge < -0.3 is 20.8 Å². The van der Waals surface area contributed by atoms with Crippen LogP contribution in [0.2, 0.25) is 0 Å². The number of hydrogen-bond donors (Lipinski definition) is 8. The van der Waals surface area contributed by atoms with E-state index in [1.807, 2.05) is 0 Å². The van der Waals surface area contributed by atoms with Crippen molar-refractivity contribution in [3.05, 3.63) is 104 Å². The zero-order chi connectivity index (χ0) is 28.3. The zero-order valence-corrected chi connectivity index (χ0v) is 22.0. The second-order valence-electron chi connectivity index (χ2n) is 8.10. The number of halogens is 4. The highest BCUT2D eigenvalue weighted by Crippen LogP contribution is 2.44. The van der Waals surface area contributed by atoms with Gasteiger partial charge in [0.2, 0.25) is 0 Å². The van der Waals surface area contributed by atoms with Crippen molar-refractivity contribution in [2.75, 3.05) is 0 Å². The zero-order valence-electron chi connectivity index (χ0n) is 19.0. The fourth-order valence-electron chi connectivity index (χ4n) is 3.75. The maximum Gasteiger partial charge on any atom is 0.174 e. The molecule has 0 aliphatic carbocycles. The highest BCUT2D eigenvalue weighted by molar-refractivity contribution is 6.31. The van der Waals surface area contributed by atoms with Crippen LogP contribution in [0.1, 0.15) is 43.8 Å². The number of benzene rings is 3. The lowest BCUT2D eigenvalue weighted by molar-refractivity contribution is -0.996. The van der Waals surface area contributed by atoms with Crippen LogP contribution in [0.15, 0.2) is 60.7 Å². The molecule has 0 aliphatic heterocycles. The van der Waals surface area contributed by atoms with Gasteiger partial charge in [-0.3, -0.25) is 0 Å². The van der Waals surface area contributed by atoms with E-state index in [2.05, 4.69) is 0 Å². The lowest BCUT2D eigenvalue weighted by atomic mass is 9.97. The highest BCUT2D eigenvalue weighted by Gasteiger charge is 2.29. The van der Waals surface area contributed by atoms with Gasteiger partial charge in [0.15, 0.2) is 22.7 Å². The van der Waals surface area contributed by atoms with Crippen molar-refractivity contribution >= 4 is 69.2 Å². The molecule has 0 spiro atoms. The summed E-state index contributed by atoms with van der Waals surface area (Å²) >= 11 is 26.1. The van der Waals surface area contributed by atoms with Gasteiger partial charge in [0.05, 0.1) is 33.6 Å². The Morgan fingerprint density at radius 1 is 0.474 bits per heavy atom. The van der Waals surface area contributed by atoms with Crippen molar-refractivity contribution in [2.45, 2.75) is 21.5 Å². The van der Waals surface area contributed by atoms with E-state index < -0.39 is 42.4 Å². The molecule has 0 amide bonds. The Hall–Kier alpha value is -1.66. The summed E-state index contributed by atoms with van der Waals surface area (Å²) in [7, 11) is 0. The largest absolute Gasteiger partial charge is 0.595 e. The smallest absolute Gasteiger partial charge is 0.174 e. The summed E-state index contributed by atoms with van der Waals surface area (Å²) in [6, 6.07) is 13.5. The van der Waals surface area contributed by atoms with Crippen molar-refractivity contribution in [1.82, 2.24) is 0 Å². The van der Waals surface area contributed by atoms with Crippen LogP contribution >= 0.6 is 46.4 Å². The van der Waals surface area contributed by atoms with Gasteiger partial charge in [-0.05, 0) is 23.3 Å². The van der Waals surface area contributed by atoms with E-state index in [0.29, 0.717) is 11.1 Å². The van der Waals surface area contributed by atoms with Gasteiger partial charge in [0.1, 0.15) is 0 Å². The van der Waals surface area contributed by atoms with Gasteiger partial charge in [0, 0.05) is 23.3 Å². The summed E-state index contributed by atoms with van der Waals surface area (Å²) in [5.74, 6) is 0. The van der Waals surface area contributed by atoms with E-state index in [-0.39, 0.29) is 33.9 Å². The van der Waals surface area contributed by atoms with Gasteiger partial charge in [-0.25, -0.2) is 20.8 Å². The molecule has 3 rings (SSSR count). The molecule has 0 bridgehead atoms. The molecule has 12 nitrogen and oxygen atoms in total. The topological polar surface area (TPSA) is 191 Å². The first-order valence-corrected chi connectivity index (χ1v) is 12.4. The Balaban J connectivity index is 1.84. The predicted molar refractivity (Wildman–Crippen MR) is 137 cm³/mol. The van der Waals surface area contributed by atoms with E-state index in [4.69, 9.17) is 56.8 Å². The molecule has 16 heteroatoms. The third-order valence-corrected chi connectivity index (χ3v) is 7.98. The van der Waals surface area contributed by atoms with E-state index in [1.54, 1.807) is 24.3 Å². The first kappa shape index (κ1) is 30.9. The van der Waals surface area contributed by atoms with Crippen LogP contribution in [-0.4, -0.2) is 20.8 Å². The lowest BCUT2D eigenvalue weighted by Gasteiger charge is -2.24. The molecule has 3 aromatic carbocycles. The number of quaternary nitrogens is 4. The Kier molecular flexibility index (Phi) is 10.7. The maximum absolute atomic E-state index is 11.7. The number of rotatable bonds is 10. The first-order chi connectivity index (χ1) is 17.8. The molecule has 206 valence electrons. The average Bonchev–Trinajstić information content (AvgIpc) is 2.90. The summed E-state index contributed by atoms with van der Waals surface area (Å²) in [4.78, 5) is 0. The summed E-state index contributed by atoms with van der Waals surface area (Å²) in [5.41, 5.74) is 0.269. The third kappa shape index (κ3) is 6.91. The third-order valence-electron chi connectivity index (χ3n) is 5.74. The minimum Gasteiger partial charge on any atom is -0.595 e. The van der Waals surface area contributed by atoms with Gasteiger partial charge in [0.25, 0.3) is 0 Å². The second-order valence-corrected chi connectivity index (χ2v) is 9.98. The molecule has 8 unspecified atom stereocenters. The molecule has 0 saturated carbocycles. The summed E-state index contributed by atoms with van der Waals surface area (Å²) < 4.78 is 0. The molecule has 0 radical (unpaired) electrons. The average molecular weight is 612 g/mol. The Morgan fingerprint density at radius 2 is 0.789 bits per heavy atom. The fourth-order valence-corrected chi connectivity index (χ4v) is 4.98. The minimum atomic E-state index is -1.36. The van der Waals surface area contributed by atoms with Crippen molar-refractivity contribution in [3.63, 3.8) is 0 Å². The number of alkyl halides is 4. The summed E-state index contributed by atoms with van der Waals surface area (Å²) in [6.45, 7) is 0. The molecule has 38 heavy (non-hydrogen) atoms. The molecule has 0 aromatic heterocycles. The maximum atomic E-state index is 11.7. The van der Waals surface area contributed by atoms with Crippen LogP contribution in [0.25, 0.3) is 0 Å². The van der Waals surface area contributed by atoms with Gasteiger partial charge in [-0.15, -0.1) is 46.4 Å². The van der Waals surface area contributed by atoms with Crippen LogP contribution in [0, 0.1) is 20.8 Å². The van der Waals surface area contributed by atoms with E-state index >= 15 is 0 Å². The number of nitrogens with one attached hydrogen (secondary N) is 4. The Bertz CT molecular complexity index is 1140. The van der Waals surface area contributed by atoms with Gasteiger partial charge in [-0.1, -0.05) is 24.3 Å². The highest BCUT2D eigenvalue weighted by atomic mass is 35.5. The normalized spacial score (nSPS) is 18.2. The molecule has 8 N–H and O–H groups in total. The van der Waals surface area contributed by atoms with Crippen LogP contribution < -0.4 is 20.9 Å². The molecule has 3 aromatic rings. The number of hydrogen-bond acceptors (Lipinski definition) is 8. The van der Waals surface area contributed by atoms with Crippen molar-refractivity contribution in [3.8, 4) is 0 Å². The first-order valence-electron chi connectivity index (χ1n) is 10.7. The standard InChI is InChI=1S/C22H22Cl4N4O8/c23-19(21(25)15-7-5-13(27(31)32)9-17(15)29(35)36)11-1-2-12(4-3-11)20(24)22(26)16-8-6-14(28(33)34)10-18(16)30(37)38/h1-10,19-22,27-31,33,35,37H. The van der Waals surface area contributed by atoms with Crippen molar-refractivity contribution < 1.29 is 41.7 Å². The van der Waals surface area contributed by atoms with Crippen LogP contribution in [0.3, 0.4) is 0 Å². The minimum absolute atomic E-state index is 0.135. The van der Waals surface area contributed by atoms with Crippen LogP contribution in [0.4, 0.5) is 22.7 Å². The van der Waals surface area contributed by atoms with Gasteiger partial charge in [-0.2, -0.15) is 20.9 Å². The second kappa shape index (κ2) is 13.1. The molecular weight excluding hydrogens is 590 g/mol. The molecule has 0 heterocycles.